The van der Waals surface area contributed by atoms with Gasteiger partial charge in [0.1, 0.15) is 11.5 Å². The van der Waals surface area contributed by atoms with E-state index in [2.05, 4.69) is 15.5 Å². The van der Waals surface area contributed by atoms with E-state index < -0.39 is 0 Å². The molecule has 1 aromatic heterocycles. The van der Waals surface area contributed by atoms with E-state index in [4.69, 9.17) is 9.15 Å². The Morgan fingerprint density at radius 1 is 1.28 bits per heavy atom. The molecule has 1 aliphatic heterocycles. The highest BCUT2D eigenvalue weighted by Gasteiger charge is 2.26. The van der Waals surface area contributed by atoms with Crippen LogP contribution in [-0.2, 0) is 9.53 Å². The zero-order chi connectivity index (χ0) is 16.1. The van der Waals surface area contributed by atoms with Crippen molar-refractivity contribution in [1.82, 2.24) is 15.5 Å². The largest absolute Gasteiger partial charge is 0.465 e. The van der Waals surface area contributed by atoms with Crippen LogP contribution < -0.4 is 10.6 Å². The summed E-state index contributed by atoms with van der Waals surface area (Å²) in [6, 6.07) is 4.05. The summed E-state index contributed by atoms with van der Waals surface area (Å²) in [5, 5.41) is 6.26. The topological polar surface area (TPSA) is 66.7 Å². The molecule has 25 heavy (non-hydrogen) atoms. The smallest absolute Gasteiger partial charge is 0.234 e. The summed E-state index contributed by atoms with van der Waals surface area (Å²) in [4.78, 5) is 14.3. The number of ether oxygens (including phenoxy) is 1. The van der Waals surface area contributed by atoms with Crippen molar-refractivity contribution in [3.63, 3.8) is 0 Å². The summed E-state index contributed by atoms with van der Waals surface area (Å²) in [6.45, 7) is 7.04. The van der Waals surface area contributed by atoms with Crippen LogP contribution in [-0.4, -0.2) is 56.7 Å². The van der Waals surface area contributed by atoms with Crippen LogP contribution in [0.4, 0.5) is 0 Å². The monoisotopic (exact) mass is 393 g/mol. The fourth-order valence-electron chi connectivity index (χ4n) is 2.92. The first-order valence-corrected chi connectivity index (χ1v) is 8.58. The number of nitrogens with zero attached hydrogens (tertiary/aromatic N) is 1. The van der Waals surface area contributed by atoms with E-state index in [9.17, 15) is 4.79 Å². The SMILES string of the molecule is Cc1ccc(C(CNC(=O)CNCC2CC2)N2CCOCC2)o1.Cl.Cl. The van der Waals surface area contributed by atoms with Gasteiger partial charge >= 0.3 is 0 Å². The van der Waals surface area contributed by atoms with Crippen LogP contribution in [0.5, 0.6) is 0 Å². The lowest BCUT2D eigenvalue weighted by atomic mass is 10.1. The number of hydrogen-bond donors (Lipinski definition) is 2. The van der Waals surface area contributed by atoms with Gasteiger partial charge in [0.25, 0.3) is 0 Å². The van der Waals surface area contributed by atoms with Gasteiger partial charge in [-0.1, -0.05) is 0 Å². The highest BCUT2D eigenvalue weighted by atomic mass is 35.5. The van der Waals surface area contributed by atoms with Crippen molar-refractivity contribution in [2.45, 2.75) is 25.8 Å². The van der Waals surface area contributed by atoms with E-state index in [1.807, 2.05) is 19.1 Å². The van der Waals surface area contributed by atoms with Gasteiger partial charge in [-0.05, 0) is 44.4 Å². The highest BCUT2D eigenvalue weighted by molar-refractivity contribution is 5.85. The van der Waals surface area contributed by atoms with Gasteiger partial charge in [-0.25, -0.2) is 0 Å². The molecule has 1 unspecified atom stereocenters. The molecule has 6 nitrogen and oxygen atoms in total. The number of aryl methyl sites for hydroxylation is 1. The molecule has 1 aliphatic carbocycles. The van der Waals surface area contributed by atoms with E-state index in [-0.39, 0.29) is 36.8 Å². The fourth-order valence-corrected chi connectivity index (χ4v) is 2.92. The summed E-state index contributed by atoms with van der Waals surface area (Å²) >= 11 is 0. The molecule has 2 heterocycles. The molecule has 2 aliphatic rings. The molecule has 1 aromatic rings. The zero-order valence-electron chi connectivity index (χ0n) is 14.7. The summed E-state index contributed by atoms with van der Waals surface area (Å²) in [6.07, 6.45) is 2.59. The summed E-state index contributed by atoms with van der Waals surface area (Å²) < 4.78 is 11.2. The lowest BCUT2D eigenvalue weighted by molar-refractivity contribution is -0.120. The molecule has 1 saturated heterocycles. The lowest BCUT2D eigenvalue weighted by Crippen LogP contribution is -2.45. The number of nitrogens with one attached hydrogen (secondary N) is 2. The number of amides is 1. The molecule has 0 spiro atoms. The summed E-state index contributed by atoms with van der Waals surface area (Å²) in [5.41, 5.74) is 0. The molecule has 3 rings (SSSR count). The van der Waals surface area contributed by atoms with Crippen molar-refractivity contribution in [2.24, 2.45) is 5.92 Å². The zero-order valence-corrected chi connectivity index (χ0v) is 16.3. The van der Waals surface area contributed by atoms with E-state index in [0.717, 1.165) is 50.3 Å². The number of hydrogen-bond acceptors (Lipinski definition) is 5. The molecule has 1 saturated carbocycles. The van der Waals surface area contributed by atoms with Crippen LogP contribution in [0.1, 0.15) is 30.4 Å². The Morgan fingerprint density at radius 3 is 2.60 bits per heavy atom. The Bertz CT molecular complexity index is 517. The minimum Gasteiger partial charge on any atom is -0.465 e. The average Bonchev–Trinajstić information content (AvgIpc) is 3.29. The van der Waals surface area contributed by atoms with Crippen LogP contribution in [0.25, 0.3) is 0 Å². The molecule has 1 atom stereocenters. The molecule has 0 radical (unpaired) electrons. The van der Waals surface area contributed by atoms with Crippen molar-refractivity contribution < 1.29 is 13.9 Å². The minimum atomic E-state index is 0. The first kappa shape index (κ1) is 22.3. The first-order chi connectivity index (χ1) is 11.2. The van der Waals surface area contributed by atoms with Crippen molar-refractivity contribution in [2.75, 3.05) is 45.9 Å². The van der Waals surface area contributed by atoms with E-state index in [0.29, 0.717) is 13.1 Å². The van der Waals surface area contributed by atoms with Gasteiger partial charge in [0.05, 0.1) is 25.8 Å². The van der Waals surface area contributed by atoms with Crippen LogP contribution in [0.2, 0.25) is 0 Å². The molecule has 1 amide bonds. The molecule has 2 N–H and O–H groups in total. The third kappa shape index (κ3) is 7.15. The predicted octanol–water partition coefficient (Wildman–Crippen LogP) is 1.92. The number of carbonyl (C=O) groups is 1. The number of carbonyl (C=O) groups excluding carboxylic acids is 1. The Morgan fingerprint density at radius 2 is 2.00 bits per heavy atom. The van der Waals surface area contributed by atoms with Gasteiger partial charge in [-0.3, -0.25) is 9.69 Å². The molecule has 8 heteroatoms. The Kier molecular flexibility index (Phi) is 9.82. The van der Waals surface area contributed by atoms with Crippen LogP contribution >= 0.6 is 24.8 Å². The molecule has 0 aromatic carbocycles. The summed E-state index contributed by atoms with van der Waals surface area (Å²) in [7, 11) is 0. The van der Waals surface area contributed by atoms with Gasteiger partial charge in [0, 0.05) is 19.6 Å². The second-order valence-corrected chi connectivity index (χ2v) is 6.49. The second kappa shape index (κ2) is 11.0. The average molecular weight is 394 g/mol. The van der Waals surface area contributed by atoms with Crippen LogP contribution in [0, 0.1) is 12.8 Å². The third-order valence-electron chi connectivity index (χ3n) is 4.48. The lowest BCUT2D eigenvalue weighted by Gasteiger charge is -2.33. The fraction of sp³-hybridized carbons (Fsp3) is 0.706. The number of furan rings is 1. The van der Waals surface area contributed by atoms with Gasteiger partial charge in [-0.2, -0.15) is 0 Å². The van der Waals surface area contributed by atoms with E-state index in [1.165, 1.54) is 12.8 Å². The first-order valence-electron chi connectivity index (χ1n) is 8.58. The summed E-state index contributed by atoms with van der Waals surface area (Å²) in [5.74, 6) is 2.65. The molecule has 0 bridgehead atoms. The van der Waals surface area contributed by atoms with Crippen LogP contribution in [0.15, 0.2) is 16.5 Å². The van der Waals surface area contributed by atoms with Gasteiger partial charge in [-0.15, -0.1) is 24.8 Å². The van der Waals surface area contributed by atoms with Crippen molar-refractivity contribution in [1.29, 1.82) is 0 Å². The van der Waals surface area contributed by atoms with Crippen LogP contribution in [0.3, 0.4) is 0 Å². The van der Waals surface area contributed by atoms with E-state index in [1.54, 1.807) is 0 Å². The Hall–Kier alpha value is -0.790. The molecular formula is C17H29Cl2N3O3. The number of halogens is 2. The van der Waals surface area contributed by atoms with Gasteiger partial charge in [0.15, 0.2) is 0 Å². The molecule has 144 valence electrons. The maximum Gasteiger partial charge on any atom is 0.234 e. The maximum atomic E-state index is 12.0. The van der Waals surface area contributed by atoms with E-state index >= 15 is 0 Å². The standard InChI is InChI=1S/C17H27N3O3.2ClH/c1-13-2-5-16(23-13)15(20-6-8-22-9-7-20)11-19-17(21)12-18-10-14-3-4-14;;/h2,5,14-15,18H,3-4,6-12H2,1H3,(H,19,21);2*1H. The number of morpholine rings is 1. The third-order valence-corrected chi connectivity index (χ3v) is 4.48. The second-order valence-electron chi connectivity index (χ2n) is 6.49. The predicted molar refractivity (Wildman–Crippen MR) is 102 cm³/mol. The molecule has 2 fully saturated rings. The van der Waals surface area contributed by atoms with Gasteiger partial charge < -0.3 is 19.8 Å². The maximum absolute atomic E-state index is 12.0. The highest BCUT2D eigenvalue weighted by Crippen LogP contribution is 2.27. The van der Waals surface area contributed by atoms with Crippen molar-refractivity contribution in [3.8, 4) is 0 Å². The quantitative estimate of drug-likeness (QED) is 0.705. The van der Waals surface area contributed by atoms with Gasteiger partial charge in [0.2, 0.25) is 5.91 Å². The number of rotatable bonds is 8. The Labute approximate surface area is 161 Å². The minimum absolute atomic E-state index is 0. The van der Waals surface area contributed by atoms with Crippen molar-refractivity contribution in [3.05, 3.63) is 23.7 Å². The van der Waals surface area contributed by atoms with Crippen molar-refractivity contribution >= 4 is 30.7 Å². The normalized spacial score (nSPS) is 18.8. The Balaban J connectivity index is 0.00000156. The molecular weight excluding hydrogens is 365 g/mol.